The van der Waals surface area contributed by atoms with Crippen molar-refractivity contribution in [2.24, 2.45) is 0 Å². The van der Waals surface area contributed by atoms with Gasteiger partial charge in [-0.2, -0.15) is 11.3 Å². The molecule has 0 fully saturated rings. The molecule has 0 atom stereocenters. The molecule has 3 rings (SSSR count). The number of aryl methyl sites for hydroxylation is 1. The van der Waals surface area contributed by atoms with Crippen molar-refractivity contribution < 1.29 is 4.74 Å². The summed E-state index contributed by atoms with van der Waals surface area (Å²) in [5.41, 5.74) is 3.95. The highest BCUT2D eigenvalue weighted by atomic mass is 32.1. The molecule has 0 amide bonds. The normalized spacial score (nSPS) is 13.8. The Bertz CT molecular complexity index is 507. The van der Waals surface area contributed by atoms with Gasteiger partial charge >= 0.3 is 0 Å². The SMILES string of the molecule is c1cc2c(c(OCCc3ccsc3)c1)NCCC2. The molecular weight excluding hydrogens is 242 g/mol. The van der Waals surface area contributed by atoms with Crippen LogP contribution in [0.2, 0.25) is 0 Å². The molecule has 0 radical (unpaired) electrons. The summed E-state index contributed by atoms with van der Waals surface area (Å²) in [5.74, 6) is 1.00. The molecule has 2 heterocycles. The standard InChI is InChI=1S/C15H17NOS/c1-3-13-4-2-8-16-15(13)14(5-1)17-9-6-12-7-10-18-11-12/h1,3,5,7,10-11,16H,2,4,6,8-9H2. The molecule has 1 N–H and O–H groups in total. The minimum absolute atomic E-state index is 0.745. The Labute approximate surface area is 112 Å². The van der Waals surface area contributed by atoms with Crippen molar-refractivity contribution in [3.05, 3.63) is 46.2 Å². The molecule has 1 aromatic carbocycles. The van der Waals surface area contributed by atoms with E-state index in [0.717, 1.165) is 31.7 Å². The van der Waals surface area contributed by atoms with E-state index in [1.807, 2.05) is 0 Å². The molecule has 0 spiro atoms. The number of anilines is 1. The first-order chi connectivity index (χ1) is 8.93. The summed E-state index contributed by atoms with van der Waals surface area (Å²) >= 11 is 1.74. The third-order valence-corrected chi connectivity index (χ3v) is 4.00. The third-order valence-electron chi connectivity index (χ3n) is 3.27. The summed E-state index contributed by atoms with van der Waals surface area (Å²) in [6, 6.07) is 8.50. The number of benzene rings is 1. The number of para-hydroxylation sites is 1. The molecule has 1 aliphatic rings. The number of hydrogen-bond donors (Lipinski definition) is 1. The number of hydrogen-bond acceptors (Lipinski definition) is 3. The maximum absolute atomic E-state index is 5.92. The number of nitrogens with one attached hydrogen (secondary N) is 1. The first kappa shape index (κ1) is 11.6. The van der Waals surface area contributed by atoms with E-state index in [0.29, 0.717) is 0 Å². The highest BCUT2D eigenvalue weighted by molar-refractivity contribution is 7.07. The van der Waals surface area contributed by atoms with Gasteiger partial charge in [0.1, 0.15) is 5.75 Å². The molecule has 18 heavy (non-hydrogen) atoms. The second-order valence-electron chi connectivity index (χ2n) is 4.55. The zero-order valence-corrected chi connectivity index (χ0v) is 11.1. The quantitative estimate of drug-likeness (QED) is 0.903. The fraction of sp³-hybridized carbons (Fsp3) is 0.333. The molecule has 0 bridgehead atoms. The molecule has 0 saturated heterocycles. The van der Waals surface area contributed by atoms with E-state index < -0.39 is 0 Å². The van der Waals surface area contributed by atoms with Crippen molar-refractivity contribution >= 4 is 17.0 Å². The molecule has 0 saturated carbocycles. The Kier molecular flexibility index (Phi) is 3.51. The van der Waals surface area contributed by atoms with E-state index in [1.165, 1.54) is 23.2 Å². The summed E-state index contributed by atoms with van der Waals surface area (Å²) in [4.78, 5) is 0. The van der Waals surface area contributed by atoms with Crippen molar-refractivity contribution in [1.82, 2.24) is 0 Å². The number of ether oxygens (including phenoxy) is 1. The lowest BCUT2D eigenvalue weighted by Gasteiger charge is -2.21. The van der Waals surface area contributed by atoms with Gasteiger partial charge in [-0.25, -0.2) is 0 Å². The highest BCUT2D eigenvalue weighted by Crippen LogP contribution is 2.32. The fourth-order valence-corrected chi connectivity index (χ4v) is 3.01. The largest absolute Gasteiger partial charge is 0.491 e. The first-order valence-electron chi connectivity index (χ1n) is 6.43. The van der Waals surface area contributed by atoms with E-state index in [-0.39, 0.29) is 0 Å². The minimum Gasteiger partial charge on any atom is -0.491 e. The van der Waals surface area contributed by atoms with Crippen LogP contribution < -0.4 is 10.1 Å². The van der Waals surface area contributed by atoms with Crippen LogP contribution in [-0.2, 0) is 12.8 Å². The Balaban J connectivity index is 1.65. The van der Waals surface area contributed by atoms with Gasteiger partial charge in [0.15, 0.2) is 0 Å². The van der Waals surface area contributed by atoms with Crippen LogP contribution in [0.1, 0.15) is 17.5 Å². The zero-order chi connectivity index (χ0) is 12.2. The van der Waals surface area contributed by atoms with Crippen LogP contribution in [-0.4, -0.2) is 13.2 Å². The average Bonchev–Trinajstić information content (AvgIpc) is 2.92. The predicted octanol–water partition coefficient (Wildman–Crippen LogP) is 3.73. The average molecular weight is 259 g/mol. The van der Waals surface area contributed by atoms with Crippen LogP contribution >= 0.6 is 11.3 Å². The Morgan fingerprint density at radius 1 is 1.28 bits per heavy atom. The smallest absolute Gasteiger partial charge is 0.142 e. The number of rotatable bonds is 4. The molecular formula is C15H17NOS. The van der Waals surface area contributed by atoms with Crippen molar-refractivity contribution in [3.8, 4) is 5.75 Å². The van der Waals surface area contributed by atoms with Crippen molar-refractivity contribution in [3.63, 3.8) is 0 Å². The second kappa shape index (κ2) is 5.44. The molecule has 3 heteroatoms. The van der Waals surface area contributed by atoms with Gasteiger partial charge < -0.3 is 10.1 Å². The lowest BCUT2D eigenvalue weighted by Crippen LogP contribution is -2.13. The molecule has 1 aliphatic heterocycles. The van der Waals surface area contributed by atoms with Gasteiger partial charge in [-0.1, -0.05) is 12.1 Å². The summed E-state index contributed by atoms with van der Waals surface area (Å²) in [6.45, 7) is 1.80. The minimum atomic E-state index is 0.745. The van der Waals surface area contributed by atoms with E-state index in [1.54, 1.807) is 11.3 Å². The van der Waals surface area contributed by atoms with E-state index in [4.69, 9.17) is 4.74 Å². The Hall–Kier alpha value is -1.48. The molecule has 1 aromatic heterocycles. The zero-order valence-electron chi connectivity index (χ0n) is 10.3. The van der Waals surface area contributed by atoms with Gasteiger partial charge in [0.05, 0.1) is 12.3 Å². The van der Waals surface area contributed by atoms with Crippen LogP contribution in [0.4, 0.5) is 5.69 Å². The molecule has 2 nitrogen and oxygen atoms in total. The maximum Gasteiger partial charge on any atom is 0.142 e. The van der Waals surface area contributed by atoms with E-state index in [9.17, 15) is 0 Å². The maximum atomic E-state index is 5.92. The second-order valence-corrected chi connectivity index (χ2v) is 5.33. The summed E-state index contributed by atoms with van der Waals surface area (Å²) in [6.07, 6.45) is 3.35. The molecule has 0 unspecified atom stereocenters. The lowest BCUT2D eigenvalue weighted by molar-refractivity contribution is 0.323. The summed E-state index contributed by atoms with van der Waals surface area (Å²) in [7, 11) is 0. The lowest BCUT2D eigenvalue weighted by atomic mass is 10.0. The fourth-order valence-electron chi connectivity index (χ4n) is 2.31. The Morgan fingerprint density at radius 2 is 2.28 bits per heavy atom. The number of fused-ring (bicyclic) bond motifs is 1. The summed E-state index contributed by atoms with van der Waals surface area (Å²) < 4.78 is 5.92. The van der Waals surface area contributed by atoms with Crippen LogP contribution in [0.25, 0.3) is 0 Å². The van der Waals surface area contributed by atoms with Crippen molar-refractivity contribution in [1.29, 1.82) is 0 Å². The van der Waals surface area contributed by atoms with Crippen LogP contribution in [0.5, 0.6) is 5.75 Å². The van der Waals surface area contributed by atoms with Gasteiger partial charge in [0.25, 0.3) is 0 Å². The van der Waals surface area contributed by atoms with Crippen LogP contribution in [0.15, 0.2) is 35.0 Å². The van der Waals surface area contributed by atoms with E-state index in [2.05, 4.69) is 40.3 Å². The highest BCUT2D eigenvalue weighted by Gasteiger charge is 2.12. The van der Waals surface area contributed by atoms with Gasteiger partial charge in [-0.15, -0.1) is 0 Å². The first-order valence-corrected chi connectivity index (χ1v) is 7.37. The van der Waals surface area contributed by atoms with E-state index >= 15 is 0 Å². The number of thiophene rings is 1. The topological polar surface area (TPSA) is 21.3 Å². The monoisotopic (exact) mass is 259 g/mol. The van der Waals surface area contributed by atoms with Crippen LogP contribution in [0.3, 0.4) is 0 Å². The molecule has 2 aromatic rings. The van der Waals surface area contributed by atoms with Gasteiger partial charge in [0, 0.05) is 13.0 Å². The van der Waals surface area contributed by atoms with Crippen molar-refractivity contribution in [2.75, 3.05) is 18.5 Å². The Morgan fingerprint density at radius 3 is 3.17 bits per heavy atom. The molecule has 0 aliphatic carbocycles. The van der Waals surface area contributed by atoms with Gasteiger partial charge in [-0.3, -0.25) is 0 Å². The predicted molar refractivity (Wildman–Crippen MR) is 76.8 cm³/mol. The molecule has 94 valence electrons. The summed E-state index contributed by atoms with van der Waals surface area (Å²) in [5, 5.41) is 7.75. The van der Waals surface area contributed by atoms with Crippen molar-refractivity contribution in [2.45, 2.75) is 19.3 Å². The van der Waals surface area contributed by atoms with Crippen LogP contribution in [0, 0.1) is 0 Å². The van der Waals surface area contributed by atoms with Gasteiger partial charge in [0.2, 0.25) is 0 Å². The van der Waals surface area contributed by atoms with Gasteiger partial charge in [-0.05, 0) is 46.9 Å². The third kappa shape index (κ3) is 2.51.